The summed E-state index contributed by atoms with van der Waals surface area (Å²) in [7, 11) is 1.86. The van der Waals surface area contributed by atoms with Crippen LogP contribution in [-0.2, 0) is 17.6 Å². The van der Waals surface area contributed by atoms with Gasteiger partial charge < -0.3 is 4.90 Å². The minimum Gasteiger partial charge on any atom is -0.346 e. The first kappa shape index (κ1) is 20.8. The molecule has 0 saturated heterocycles. The average Bonchev–Trinajstić information content (AvgIpc) is 3.22. The number of benzene rings is 2. The number of aryl methyl sites for hydroxylation is 2. The van der Waals surface area contributed by atoms with Gasteiger partial charge in [0.25, 0.3) is 0 Å². The van der Waals surface area contributed by atoms with Crippen LogP contribution < -0.4 is 0 Å². The second-order valence-electron chi connectivity index (χ2n) is 7.40. The lowest BCUT2D eigenvalue weighted by molar-refractivity contribution is -0.129. The molecule has 0 bridgehead atoms. The zero-order valence-corrected chi connectivity index (χ0v) is 16.9. The molecule has 0 radical (unpaired) electrons. The Morgan fingerprint density at radius 3 is 2.52 bits per heavy atom. The van der Waals surface area contributed by atoms with Gasteiger partial charge >= 0.3 is 0 Å². The number of halogens is 1. The molecule has 3 aromatic rings. The van der Waals surface area contributed by atoms with E-state index >= 15 is 0 Å². The van der Waals surface area contributed by atoms with Crippen LogP contribution in [0.1, 0.15) is 36.9 Å². The number of H-pyrrole nitrogens is 1. The van der Waals surface area contributed by atoms with Crippen LogP contribution in [0.15, 0.2) is 60.7 Å². The Labute approximate surface area is 171 Å². The van der Waals surface area contributed by atoms with Crippen LogP contribution in [0.5, 0.6) is 0 Å². The minimum atomic E-state index is -0.247. The molecule has 0 aliphatic carbocycles. The maximum atomic E-state index is 12.9. The molecular weight excluding hydrogens is 365 g/mol. The zero-order chi connectivity index (χ0) is 20.5. The number of aromatic amines is 1. The number of amides is 1. The van der Waals surface area contributed by atoms with E-state index in [0.717, 1.165) is 54.7 Å². The molecule has 1 heterocycles. The smallest absolute Gasteiger partial charge is 0.222 e. The van der Waals surface area contributed by atoms with Crippen molar-refractivity contribution >= 4 is 5.91 Å². The minimum absolute atomic E-state index is 0.135. The third-order valence-corrected chi connectivity index (χ3v) is 5.11. The van der Waals surface area contributed by atoms with Gasteiger partial charge in [0.2, 0.25) is 5.91 Å². The van der Waals surface area contributed by atoms with Gasteiger partial charge in [-0.25, -0.2) is 4.39 Å². The number of carbonyl (C=O) groups is 1. The van der Waals surface area contributed by atoms with Crippen molar-refractivity contribution in [3.8, 4) is 11.3 Å². The molecule has 1 amide bonds. The predicted octanol–water partition coefficient (Wildman–Crippen LogP) is 5.02. The summed E-state index contributed by atoms with van der Waals surface area (Å²) in [5, 5.41) is 7.51. The van der Waals surface area contributed by atoms with Crippen molar-refractivity contribution in [2.45, 2.75) is 38.5 Å². The Balaban J connectivity index is 1.31. The second-order valence-corrected chi connectivity index (χ2v) is 7.40. The molecule has 0 saturated carbocycles. The summed E-state index contributed by atoms with van der Waals surface area (Å²) in [5.41, 5.74) is 4.23. The highest BCUT2D eigenvalue weighted by atomic mass is 19.1. The van der Waals surface area contributed by atoms with Gasteiger partial charge in [-0.3, -0.25) is 9.89 Å². The summed E-state index contributed by atoms with van der Waals surface area (Å²) in [6.07, 6.45) is 5.18. The van der Waals surface area contributed by atoms with E-state index in [0.29, 0.717) is 12.8 Å². The first-order valence-corrected chi connectivity index (χ1v) is 10.2. The number of hydrogen-bond acceptors (Lipinski definition) is 2. The maximum Gasteiger partial charge on any atom is 0.222 e. The molecule has 2 aromatic carbocycles. The highest BCUT2D eigenvalue weighted by molar-refractivity contribution is 5.76. The summed E-state index contributed by atoms with van der Waals surface area (Å²) >= 11 is 0. The van der Waals surface area contributed by atoms with Crippen molar-refractivity contribution in [1.29, 1.82) is 0 Å². The van der Waals surface area contributed by atoms with Crippen molar-refractivity contribution in [2.24, 2.45) is 0 Å². The molecule has 4 nitrogen and oxygen atoms in total. The van der Waals surface area contributed by atoms with E-state index in [9.17, 15) is 9.18 Å². The summed E-state index contributed by atoms with van der Waals surface area (Å²) < 4.78 is 12.9. The number of hydrogen-bond donors (Lipinski definition) is 1. The van der Waals surface area contributed by atoms with Gasteiger partial charge in [-0.1, -0.05) is 48.9 Å². The second kappa shape index (κ2) is 10.6. The normalized spacial score (nSPS) is 10.8. The molecule has 0 unspecified atom stereocenters. The van der Waals surface area contributed by atoms with Crippen LogP contribution >= 0.6 is 0 Å². The fourth-order valence-electron chi connectivity index (χ4n) is 3.31. The number of rotatable bonds is 10. The van der Waals surface area contributed by atoms with E-state index in [-0.39, 0.29) is 11.7 Å². The maximum absolute atomic E-state index is 12.9. The van der Waals surface area contributed by atoms with Crippen molar-refractivity contribution < 1.29 is 9.18 Å². The first-order chi connectivity index (χ1) is 14.1. The Bertz CT molecular complexity index is 890. The SMILES string of the molecule is CN(CCCCCc1cc(-c2ccccc2)n[nH]1)C(=O)CCc1ccc(F)cc1. The quantitative estimate of drug-likeness (QED) is 0.492. The molecule has 0 fully saturated rings. The van der Waals surface area contributed by atoms with Crippen LogP contribution in [-0.4, -0.2) is 34.6 Å². The van der Waals surface area contributed by atoms with E-state index in [1.54, 1.807) is 17.0 Å². The molecule has 3 rings (SSSR count). The van der Waals surface area contributed by atoms with E-state index < -0.39 is 0 Å². The Kier molecular flexibility index (Phi) is 7.56. The molecule has 152 valence electrons. The number of nitrogens with one attached hydrogen (secondary N) is 1. The Morgan fingerprint density at radius 2 is 1.76 bits per heavy atom. The number of aromatic nitrogens is 2. The van der Waals surface area contributed by atoms with Gasteiger partial charge in [0, 0.05) is 31.3 Å². The van der Waals surface area contributed by atoms with Crippen LogP contribution in [0, 0.1) is 5.82 Å². The fourth-order valence-corrected chi connectivity index (χ4v) is 3.31. The monoisotopic (exact) mass is 393 g/mol. The fraction of sp³-hybridized carbons (Fsp3) is 0.333. The van der Waals surface area contributed by atoms with Crippen LogP contribution in [0.2, 0.25) is 0 Å². The number of nitrogens with zero attached hydrogens (tertiary/aromatic N) is 2. The molecule has 1 N–H and O–H groups in total. The largest absolute Gasteiger partial charge is 0.346 e. The van der Waals surface area contributed by atoms with Gasteiger partial charge in [-0.15, -0.1) is 0 Å². The van der Waals surface area contributed by atoms with Gasteiger partial charge in [-0.2, -0.15) is 5.10 Å². The van der Waals surface area contributed by atoms with E-state index in [2.05, 4.69) is 28.4 Å². The first-order valence-electron chi connectivity index (χ1n) is 10.2. The molecule has 0 spiro atoms. The third-order valence-electron chi connectivity index (χ3n) is 5.11. The molecule has 29 heavy (non-hydrogen) atoms. The zero-order valence-electron chi connectivity index (χ0n) is 16.9. The summed E-state index contributed by atoms with van der Waals surface area (Å²) in [6, 6.07) is 18.6. The number of carbonyl (C=O) groups excluding carboxylic acids is 1. The predicted molar refractivity (Wildman–Crippen MR) is 114 cm³/mol. The molecule has 1 aromatic heterocycles. The lowest BCUT2D eigenvalue weighted by Crippen LogP contribution is -2.27. The summed E-state index contributed by atoms with van der Waals surface area (Å²) in [4.78, 5) is 14.0. The topological polar surface area (TPSA) is 49.0 Å². The van der Waals surface area contributed by atoms with E-state index in [1.807, 2.05) is 25.2 Å². The standard InChI is InChI=1S/C24H28FN3O/c1-28(24(29)16-13-19-11-14-21(25)15-12-19)17-7-3-6-10-22-18-23(27-26-22)20-8-4-2-5-9-20/h2,4-5,8-9,11-12,14-15,18H,3,6-7,10,13,16-17H2,1H3,(H,26,27). The Morgan fingerprint density at radius 1 is 1.00 bits per heavy atom. The van der Waals surface area contributed by atoms with Crippen molar-refractivity contribution in [3.05, 3.63) is 77.7 Å². The van der Waals surface area contributed by atoms with Crippen LogP contribution in [0.4, 0.5) is 4.39 Å². The summed E-state index contributed by atoms with van der Waals surface area (Å²) in [5.74, 6) is -0.112. The van der Waals surface area contributed by atoms with Crippen LogP contribution in [0.3, 0.4) is 0 Å². The van der Waals surface area contributed by atoms with Gasteiger partial charge in [0.1, 0.15) is 5.82 Å². The lowest BCUT2D eigenvalue weighted by Gasteiger charge is -2.17. The van der Waals surface area contributed by atoms with Gasteiger partial charge in [-0.05, 0) is 49.4 Å². The third kappa shape index (κ3) is 6.56. The summed E-state index contributed by atoms with van der Waals surface area (Å²) in [6.45, 7) is 0.764. The molecule has 0 atom stereocenters. The van der Waals surface area contributed by atoms with E-state index in [1.165, 1.54) is 12.1 Å². The average molecular weight is 394 g/mol. The van der Waals surface area contributed by atoms with E-state index in [4.69, 9.17) is 0 Å². The van der Waals surface area contributed by atoms with Crippen LogP contribution in [0.25, 0.3) is 11.3 Å². The van der Waals surface area contributed by atoms with Crippen molar-refractivity contribution in [1.82, 2.24) is 15.1 Å². The van der Waals surface area contributed by atoms with Gasteiger partial charge in [0.05, 0.1) is 5.69 Å². The molecule has 5 heteroatoms. The van der Waals surface area contributed by atoms with Crippen molar-refractivity contribution in [2.75, 3.05) is 13.6 Å². The number of unbranched alkanes of at least 4 members (excludes halogenated alkanes) is 2. The van der Waals surface area contributed by atoms with Gasteiger partial charge in [0.15, 0.2) is 0 Å². The Hall–Kier alpha value is -2.95. The molecule has 0 aliphatic heterocycles. The highest BCUT2D eigenvalue weighted by Gasteiger charge is 2.09. The molecule has 0 aliphatic rings. The highest BCUT2D eigenvalue weighted by Crippen LogP contribution is 2.18. The van der Waals surface area contributed by atoms with Crippen molar-refractivity contribution in [3.63, 3.8) is 0 Å². The lowest BCUT2D eigenvalue weighted by atomic mass is 10.1. The molecular formula is C24H28FN3O.